The van der Waals surface area contributed by atoms with Crippen molar-refractivity contribution < 1.29 is 19.4 Å². The first kappa shape index (κ1) is 17.3. The van der Waals surface area contributed by atoms with Crippen LogP contribution in [0.4, 0.5) is 0 Å². The predicted octanol–water partition coefficient (Wildman–Crippen LogP) is 2.55. The van der Waals surface area contributed by atoms with Crippen LogP contribution in [-0.4, -0.2) is 30.9 Å². The Morgan fingerprint density at radius 2 is 1.96 bits per heavy atom. The van der Waals surface area contributed by atoms with Crippen molar-refractivity contribution in [3.63, 3.8) is 0 Å². The third-order valence-corrected chi connectivity index (χ3v) is 3.29. The molecule has 0 aliphatic heterocycles. The van der Waals surface area contributed by atoms with Gasteiger partial charge in [0.2, 0.25) is 0 Å². The molecule has 2 N–H and O–H groups in total. The highest BCUT2D eigenvalue weighted by Gasteiger charge is 2.04. The SMILES string of the molecule is COc1ccc(/C=N/NC(=O)COc2ccc(C)cc2C)cc1O. The molecule has 0 unspecified atom stereocenters. The minimum atomic E-state index is -0.371. The molecular formula is C18H20N2O4. The Morgan fingerprint density at radius 3 is 2.62 bits per heavy atom. The van der Waals surface area contributed by atoms with Gasteiger partial charge < -0.3 is 14.6 Å². The molecule has 0 radical (unpaired) electrons. The van der Waals surface area contributed by atoms with Crippen LogP contribution >= 0.6 is 0 Å². The number of hydrazone groups is 1. The van der Waals surface area contributed by atoms with E-state index in [9.17, 15) is 9.90 Å². The standard InChI is InChI=1S/C18H20N2O4/c1-12-4-6-16(13(2)8-12)24-11-18(22)20-19-10-14-5-7-17(23-3)15(21)9-14/h4-10,21H,11H2,1-3H3,(H,20,22)/b19-10+. The fraction of sp³-hybridized carbons (Fsp3) is 0.222. The zero-order valence-electron chi connectivity index (χ0n) is 13.9. The molecule has 2 aromatic rings. The van der Waals surface area contributed by atoms with Crippen molar-refractivity contribution in [3.05, 3.63) is 53.1 Å². The summed E-state index contributed by atoms with van der Waals surface area (Å²) in [6.45, 7) is 3.79. The average molecular weight is 328 g/mol. The second-order valence-electron chi connectivity index (χ2n) is 5.28. The number of methoxy groups -OCH3 is 1. The van der Waals surface area contributed by atoms with Gasteiger partial charge in [-0.1, -0.05) is 17.7 Å². The first-order valence-corrected chi connectivity index (χ1v) is 7.38. The molecule has 0 aliphatic rings. The van der Waals surface area contributed by atoms with E-state index >= 15 is 0 Å². The van der Waals surface area contributed by atoms with Crippen LogP contribution in [0.5, 0.6) is 17.2 Å². The summed E-state index contributed by atoms with van der Waals surface area (Å²) in [4.78, 5) is 11.7. The summed E-state index contributed by atoms with van der Waals surface area (Å²) in [7, 11) is 1.47. The molecule has 0 bridgehead atoms. The van der Waals surface area contributed by atoms with Gasteiger partial charge in [0.25, 0.3) is 5.91 Å². The third kappa shape index (κ3) is 4.74. The summed E-state index contributed by atoms with van der Waals surface area (Å²) < 4.78 is 10.4. The lowest BCUT2D eigenvalue weighted by Crippen LogP contribution is -2.24. The van der Waals surface area contributed by atoms with E-state index in [4.69, 9.17) is 9.47 Å². The number of ether oxygens (including phenoxy) is 2. The lowest BCUT2D eigenvalue weighted by Gasteiger charge is -2.08. The Labute approximate surface area is 140 Å². The minimum absolute atomic E-state index is 0.00551. The second kappa shape index (κ2) is 8.01. The van der Waals surface area contributed by atoms with E-state index < -0.39 is 0 Å². The number of aryl methyl sites for hydroxylation is 2. The fourth-order valence-electron chi connectivity index (χ4n) is 2.10. The Kier molecular flexibility index (Phi) is 5.78. The molecule has 0 spiro atoms. The van der Waals surface area contributed by atoms with Crippen molar-refractivity contribution in [3.8, 4) is 17.2 Å². The van der Waals surface area contributed by atoms with Gasteiger partial charge in [0.05, 0.1) is 13.3 Å². The van der Waals surface area contributed by atoms with Crippen LogP contribution in [0, 0.1) is 13.8 Å². The number of phenolic OH excluding ortho intramolecular Hbond substituents is 1. The van der Waals surface area contributed by atoms with Crippen molar-refractivity contribution >= 4 is 12.1 Å². The molecule has 0 fully saturated rings. The quantitative estimate of drug-likeness (QED) is 0.631. The van der Waals surface area contributed by atoms with Gasteiger partial charge in [0.1, 0.15) is 5.75 Å². The Morgan fingerprint density at radius 1 is 1.21 bits per heavy atom. The lowest BCUT2D eigenvalue weighted by molar-refractivity contribution is -0.123. The maximum atomic E-state index is 11.7. The van der Waals surface area contributed by atoms with E-state index in [-0.39, 0.29) is 18.3 Å². The van der Waals surface area contributed by atoms with Crippen molar-refractivity contribution in [1.82, 2.24) is 5.43 Å². The molecule has 126 valence electrons. The second-order valence-corrected chi connectivity index (χ2v) is 5.28. The molecule has 0 heterocycles. The number of hydrogen-bond acceptors (Lipinski definition) is 5. The zero-order chi connectivity index (χ0) is 17.5. The molecule has 0 saturated carbocycles. The smallest absolute Gasteiger partial charge is 0.277 e. The lowest BCUT2D eigenvalue weighted by atomic mass is 10.1. The average Bonchev–Trinajstić information content (AvgIpc) is 2.54. The first-order valence-electron chi connectivity index (χ1n) is 7.38. The number of amides is 1. The molecule has 0 saturated heterocycles. The molecule has 0 aliphatic carbocycles. The summed E-state index contributed by atoms with van der Waals surface area (Å²) >= 11 is 0. The summed E-state index contributed by atoms with van der Waals surface area (Å²) in [5.41, 5.74) is 5.11. The summed E-state index contributed by atoms with van der Waals surface area (Å²) in [5.74, 6) is 0.674. The summed E-state index contributed by atoms with van der Waals surface area (Å²) in [6, 6.07) is 10.6. The van der Waals surface area contributed by atoms with Gasteiger partial charge in [-0.2, -0.15) is 5.10 Å². The maximum Gasteiger partial charge on any atom is 0.277 e. The predicted molar refractivity (Wildman–Crippen MR) is 91.8 cm³/mol. The molecule has 0 aromatic heterocycles. The van der Waals surface area contributed by atoms with Crippen LogP contribution in [0.25, 0.3) is 0 Å². The van der Waals surface area contributed by atoms with E-state index in [2.05, 4.69) is 10.5 Å². The Hall–Kier alpha value is -3.02. The molecular weight excluding hydrogens is 308 g/mol. The van der Waals surface area contributed by atoms with Gasteiger partial charge in [-0.05, 0) is 49.2 Å². The highest BCUT2D eigenvalue weighted by Crippen LogP contribution is 2.25. The van der Waals surface area contributed by atoms with Gasteiger partial charge in [-0.15, -0.1) is 0 Å². The number of phenols is 1. The molecule has 6 heteroatoms. The molecule has 1 amide bonds. The Balaban J connectivity index is 1.85. The van der Waals surface area contributed by atoms with E-state index in [1.807, 2.05) is 32.0 Å². The molecule has 0 atom stereocenters. The van der Waals surface area contributed by atoms with E-state index in [1.165, 1.54) is 19.4 Å². The topological polar surface area (TPSA) is 80.2 Å². The number of rotatable bonds is 6. The van der Waals surface area contributed by atoms with Gasteiger partial charge in [-0.25, -0.2) is 5.43 Å². The zero-order valence-corrected chi connectivity index (χ0v) is 13.9. The van der Waals surface area contributed by atoms with Crippen LogP contribution in [0.15, 0.2) is 41.5 Å². The van der Waals surface area contributed by atoms with E-state index in [0.29, 0.717) is 17.1 Å². The van der Waals surface area contributed by atoms with E-state index in [1.54, 1.807) is 12.1 Å². The molecule has 2 aromatic carbocycles. The maximum absolute atomic E-state index is 11.7. The number of carbonyl (C=O) groups excluding carboxylic acids is 1. The van der Waals surface area contributed by atoms with Crippen molar-refractivity contribution in [2.75, 3.05) is 13.7 Å². The molecule has 24 heavy (non-hydrogen) atoms. The minimum Gasteiger partial charge on any atom is -0.504 e. The highest BCUT2D eigenvalue weighted by atomic mass is 16.5. The number of benzene rings is 2. The van der Waals surface area contributed by atoms with E-state index in [0.717, 1.165) is 11.1 Å². The van der Waals surface area contributed by atoms with Gasteiger partial charge >= 0.3 is 0 Å². The monoisotopic (exact) mass is 328 g/mol. The van der Waals surface area contributed by atoms with Crippen LogP contribution in [0.1, 0.15) is 16.7 Å². The summed E-state index contributed by atoms with van der Waals surface area (Å²) in [5, 5.41) is 13.5. The summed E-state index contributed by atoms with van der Waals surface area (Å²) in [6.07, 6.45) is 1.42. The van der Waals surface area contributed by atoms with Crippen molar-refractivity contribution in [2.45, 2.75) is 13.8 Å². The highest BCUT2D eigenvalue weighted by molar-refractivity contribution is 5.83. The number of aromatic hydroxyl groups is 1. The Bertz CT molecular complexity index is 757. The van der Waals surface area contributed by atoms with Gasteiger partial charge in [0, 0.05) is 0 Å². The molecule has 6 nitrogen and oxygen atoms in total. The largest absolute Gasteiger partial charge is 0.504 e. The van der Waals surface area contributed by atoms with Crippen molar-refractivity contribution in [1.29, 1.82) is 0 Å². The van der Waals surface area contributed by atoms with Crippen LogP contribution in [-0.2, 0) is 4.79 Å². The fourth-order valence-corrected chi connectivity index (χ4v) is 2.10. The normalized spacial score (nSPS) is 10.6. The number of nitrogens with one attached hydrogen (secondary N) is 1. The molecule has 2 rings (SSSR count). The number of hydrogen-bond donors (Lipinski definition) is 2. The van der Waals surface area contributed by atoms with Crippen LogP contribution in [0.2, 0.25) is 0 Å². The van der Waals surface area contributed by atoms with Gasteiger partial charge in [-0.3, -0.25) is 4.79 Å². The van der Waals surface area contributed by atoms with Crippen LogP contribution < -0.4 is 14.9 Å². The third-order valence-electron chi connectivity index (χ3n) is 3.29. The van der Waals surface area contributed by atoms with Crippen molar-refractivity contribution in [2.24, 2.45) is 5.10 Å². The number of carbonyl (C=O) groups is 1. The first-order chi connectivity index (χ1) is 11.5. The van der Waals surface area contributed by atoms with Crippen LogP contribution in [0.3, 0.4) is 0 Å². The number of nitrogens with zero attached hydrogens (tertiary/aromatic N) is 1. The van der Waals surface area contributed by atoms with Gasteiger partial charge in [0.15, 0.2) is 18.1 Å².